The number of carbonyl (C=O) groups excluding carboxylic acids is 4. The lowest BCUT2D eigenvalue weighted by molar-refractivity contribution is -0.155. The van der Waals surface area contributed by atoms with Crippen molar-refractivity contribution >= 4 is 35.3 Å². The van der Waals surface area contributed by atoms with Crippen molar-refractivity contribution in [2.24, 2.45) is 0 Å². The number of hydrogen-bond acceptors (Lipinski definition) is 5. The number of esters is 1. The summed E-state index contributed by atoms with van der Waals surface area (Å²) in [5.74, 6) is -2.00. The van der Waals surface area contributed by atoms with Crippen LogP contribution in [0.5, 0.6) is 0 Å². The summed E-state index contributed by atoms with van der Waals surface area (Å²) >= 11 is 0. The van der Waals surface area contributed by atoms with Gasteiger partial charge in [-0.1, -0.05) is 42.5 Å². The Labute approximate surface area is 175 Å². The van der Waals surface area contributed by atoms with E-state index in [4.69, 9.17) is 4.74 Å². The van der Waals surface area contributed by atoms with Crippen molar-refractivity contribution in [3.8, 4) is 0 Å². The predicted octanol–water partition coefficient (Wildman–Crippen LogP) is 2.98. The Morgan fingerprint density at radius 2 is 1.57 bits per heavy atom. The normalized spacial score (nSPS) is 12.6. The van der Waals surface area contributed by atoms with Crippen molar-refractivity contribution in [1.82, 2.24) is 5.32 Å². The molecule has 2 rings (SSSR count). The van der Waals surface area contributed by atoms with Crippen molar-refractivity contribution in [2.45, 2.75) is 32.9 Å². The highest BCUT2D eigenvalue weighted by Crippen LogP contribution is 2.16. The highest BCUT2D eigenvalue weighted by molar-refractivity contribution is 6.05. The third-order valence-electron chi connectivity index (χ3n) is 4.17. The van der Waals surface area contributed by atoms with Crippen LogP contribution in [-0.2, 0) is 19.1 Å². The fourth-order valence-electron chi connectivity index (χ4n) is 2.52. The maximum Gasteiger partial charge on any atom is 0.329 e. The maximum absolute atomic E-state index is 12.3. The summed E-state index contributed by atoms with van der Waals surface area (Å²) in [5.41, 5.74) is 1.54. The van der Waals surface area contributed by atoms with Gasteiger partial charge in [-0.3, -0.25) is 14.4 Å². The molecule has 0 saturated heterocycles. The molecule has 2 N–H and O–H groups in total. The first-order valence-corrected chi connectivity index (χ1v) is 9.43. The van der Waals surface area contributed by atoms with Crippen LogP contribution in [0.25, 0.3) is 6.08 Å². The number of anilines is 1. The van der Waals surface area contributed by atoms with E-state index in [0.29, 0.717) is 11.3 Å². The van der Waals surface area contributed by atoms with Crippen LogP contribution in [0.1, 0.15) is 36.7 Å². The van der Waals surface area contributed by atoms with Crippen LogP contribution in [0.3, 0.4) is 0 Å². The number of ether oxygens (including phenoxy) is 1. The van der Waals surface area contributed by atoms with Crippen LogP contribution in [0, 0.1) is 0 Å². The van der Waals surface area contributed by atoms with Gasteiger partial charge >= 0.3 is 5.97 Å². The Balaban J connectivity index is 1.88. The number of ketones is 1. The third kappa shape index (κ3) is 6.70. The molecule has 0 aliphatic rings. The van der Waals surface area contributed by atoms with Gasteiger partial charge < -0.3 is 15.4 Å². The fourth-order valence-corrected chi connectivity index (χ4v) is 2.52. The van der Waals surface area contributed by atoms with Crippen molar-refractivity contribution in [1.29, 1.82) is 0 Å². The molecule has 2 aromatic rings. The first-order chi connectivity index (χ1) is 14.3. The topological polar surface area (TPSA) is 102 Å². The Hall–Kier alpha value is -3.74. The van der Waals surface area contributed by atoms with Gasteiger partial charge in [0.1, 0.15) is 6.04 Å². The van der Waals surface area contributed by atoms with E-state index in [9.17, 15) is 19.2 Å². The Morgan fingerprint density at radius 3 is 2.23 bits per heavy atom. The van der Waals surface area contributed by atoms with E-state index >= 15 is 0 Å². The maximum atomic E-state index is 12.3. The van der Waals surface area contributed by atoms with Gasteiger partial charge in [-0.25, -0.2) is 4.79 Å². The molecule has 2 aromatic carbocycles. The minimum atomic E-state index is -1.11. The lowest BCUT2D eigenvalue weighted by Gasteiger charge is -2.17. The molecule has 2 amide bonds. The molecule has 0 saturated carbocycles. The number of para-hydroxylation sites is 1. The van der Waals surface area contributed by atoms with Crippen molar-refractivity contribution in [2.75, 3.05) is 5.32 Å². The van der Waals surface area contributed by atoms with E-state index in [0.717, 1.165) is 5.56 Å². The lowest BCUT2D eigenvalue weighted by Crippen LogP contribution is -2.41. The van der Waals surface area contributed by atoms with Gasteiger partial charge in [0, 0.05) is 11.6 Å². The molecular weight excluding hydrogens is 384 g/mol. The van der Waals surface area contributed by atoms with Crippen molar-refractivity contribution < 1.29 is 23.9 Å². The SMILES string of the molecule is CC(=O)c1ccccc1NC(=O)[C@@H](C)OC(=O)[C@H](C)NC(=O)/C=C/c1ccccc1. The standard InChI is InChI=1S/C23H24N2O5/c1-15(24-21(27)14-13-18-9-5-4-6-10-18)23(29)30-17(3)22(28)25-20-12-8-7-11-19(20)16(2)26/h4-15,17H,1-3H3,(H,24,27)(H,25,28)/b14-13+/t15-,17+/m0/s1. The summed E-state index contributed by atoms with van der Waals surface area (Å²) in [5, 5.41) is 5.07. The van der Waals surface area contributed by atoms with Gasteiger partial charge in [0.2, 0.25) is 5.91 Å². The van der Waals surface area contributed by atoms with Crippen molar-refractivity contribution in [3.05, 3.63) is 71.8 Å². The van der Waals surface area contributed by atoms with Crippen LogP contribution in [0.15, 0.2) is 60.7 Å². The van der Waals surface area contributed by atoms with Gasteiger partial charge in [0.25, 0.3) is 5.91 Å². The molecule has 0 bridgehead atoms. The van der Waals surface area contributed by atoms with Crippen molar-refractivity contribution in [3.63, 3.8) is 0 Å². The van der Waals surface area contributed by atoms with Crippen LogP contribution in [0.4, 0.5) is 5.69 Å². The van der Waals surface area contributed by atoms with Gasteiger partial charge in [0.05, 0.1) is 5.69 Å². The first-order valence-electron chi connectivity index (χ1n) is 9.43. The van der Waals surface area contributed by atoms with Crippen LogP contribution >= 0.6 is 0 Å². The number of rotatable bonds is 8. The Morgan fingerprint density at radius 1 is 0.933 bits per heavy atom. The van der Waals surface area contributed by atoms with E-state index in [-0.39, 0.29) is 5.78 Å². The molecule has 0 unspecified atom stereocenters. The van der Waals surface area contributed by atoms with E-state index < -0.39 is 29.9 Å². The Bertz CT molecular complexity index is 953. The molecule has 7 nitrogen and oxygen atoms in total. The predicted molar refractivity (Wildman–Crippen MR) is 114 cm³/mol. The van der Waals surface area contributed by atoms with Crippen LogP contribution in [0.2, 0.25) is 0 Å². The minimum Gasteiger partial charge on any atom is -0.451 e. The number of amides is 2. The molecule has 0 aliphatic carbocycles. The molecule has 0 aliphatic heterocycles. The summed E-state index contributed by atoms with van der Waals surface area (Å²) in [6, 6.07) is 14.8. The highest BCUT2D eigenvalue weighted by atomic mass is 16.5. The zero-order chi connectivity index (χ0) is 22.1. The fraction of sp³-hybridized carbons (Fsp3) is 0.217. The second-order valence-corrected chi connectivity index (χ2v) is 6.64. The lowest BCUT2D eigenvalue weighted by atomic mass is 10.1. The zero-order valence-corrected chi connectivity index (χ0v) is 17.0. The quantitative estimate of drug-likeness (QED) is 0.397. The van der Waals surface area contributed by atoms with Gasteiger partial charge in [0.15, 0.2) is 11.9 Å². The summed E-state index contributed by atoms with van der Waals surface area (Å²) in [6.07, 6.45) is 1.82. The second kappa shape index (κ2) is 10.7. The second-order valence-electron chi connectivity index (χ2n) is 6.64. The summed E-state index contributed by atoms with van der Waals surface area (Å²) in [4.78, 5) is 48.2. The first kappa shape index (κ1) is 22.5. The molecule has 2 atom stereocenters. The number of carbonyl (C=O) groups is 4. The monoisotopic (exact) mass is 408 g/mol. The molecule has 0 radical (unpaired) electrons. The van der Waals surface area contributed by atoms with Gasteiger partial charge in [-0.15, -0.1) is 0 Å². The molecule has 0 fully saturated rings. The van der Waals surface area contributed by atoms with E-state index in [2.05, 4.69) is 10.6 Å². The molecule has 0 spiro atoms. The van der Waals surface area contributed by atoms with E-state index in [1.165, 1.54) is 26.8 Å². The third-order valence-corrected chi connectivity index (χ3v) is 4.17. The molecule has 7 heteroatoms. The average molecular weight is 408 g/mol. The zero-order valence-electron chi connectivity index (χ0n) is 17.0. The highest BCUT2D eigenvalue weighted by Gasteiger charge is 2.23. The summed E-state index contributed by atoms with van der Waals surface area (Å²) in [7, 11) is 0. The smallest absolute Gasteiger partial charge is 0.329 e. The van der Waals surface area contributed by atoms with Gasteiger partial charge in [-0.2, -0.15) is 0 Å². The minimum absolute atomic E-state index is 0.199. The largest absolute Gasteiger partial charge is 0.451 e. The summed E-state index contributed by atoms with van der Waals surface area (Å²) in [6.45, 7) is 4.27. The number of hydrogen-bond donors (Lipinski definition) is 2. The molecular formula is C23H24N2O5. The molecule has 30 heavy (non-hydrogen) atoms. The van der Waals surface area contributed by atoms with E-state index in [1.807, 2.05) is 30.3 Å². The number of Topliss-reactive ketones (excluding diaryl/α,β-unsaturated/α-hetero) is 1. The van der Waals surface area contributed by atoms with E-state index in [1.54, 1.807) is 30.3 Å². The molecule has 156 valence electrons. The number of benzene rings is 2. The summed E-state index contributed by atoms with van der Waals surface area (Å²) < 4.78 is 5.14. The Kier molecular flexibility index (Phi) is 8.05. The molecule has 0 heterocycles. The average Bonchev–Trinajstić information content (AvgIpc) is 2.73. The van der Waals surface area contributed by atoms with Crippen LogP contribution < -0.4 is 10.6 Å². The number of nitrogens with one attached hydrogen (secondary N) is 2. The van der Waals surface area contributed by atoms with Crippen LogP contribution in [-0.4, -0.2) is 35.7 Å². The van der Waals surface area contributed by atoms with Gasteiger partial charge in [-0.05, 0) is 44.5 Å². The molecule has 0 aromatic heterocycles.